The van der Waals surface area contributed by atoms with Gasteiger partial charge in [-0.1, -0.05) is 45.8 Å². The van der Waals surface area contributed by atoms with Crippen molar-refractivity contribution in [2.24, 2.45) is 0 Å². The second-order valence-corrected chi connectivity index (χ2v) is 8.06. The molecule has 0 aliphatic heterocycles. The lowest BCUT2D eigenvalue weighted by Crippen LogP contribution is -2.30. The van der Waals surface area contributed by atoms with Gasteiger partial charge in [0.05, 0.1) is 29.3 Å². The number of hydrogen-bond acceptors (Lipinski definition) is 3. The van der Waals surface area contributed by atoms with E-state index in [9.17, 15) is 4.79 Å². The number of nitrogens with one attached hydrogen (secondary N) is 1. The van der Waals surface area contributed by atoms with Crippen LogP contribution >= 0.6 is 15.9 Å². The Kier molecular flexibility index (Phi) is 6.31. The number of carbonyl (C=O) groups excluding carboxylic acids is 1. The third kappa shape index (κ3) is 4.88. The van der Waals surface area contributed by atoms with Crippen molar-refractivity contribution in [2.45, 2.75) is 27.3 Å². The van der Waals surface area contributed by atoms with E-state index in [1.165, 1.54) is 5.56 Å². The Hall–Kier alpha value is -2.44. The molecule has 1 amide bonds. The molecule has 6 heteroatoms. The molecule has 3 rings (SSSR count). The minimum absolute atomic E-state index is 0.0470. The molecule has 0 unspecified atom stereocenters. The van der Waals surface area contributed by atoms with Gasteiger partial charge >= 0.3 is 0 Å². The van der Waals surface area contributed by atoms with Gasteiger partial charge in [0.15, 0.2) is 0 Å². The van der Waals surface area contributed by atoms with Gasteiger partial charge in [0.1, 0.15) is 0 Å². The SMILES string of the molecule is Cc1ccc(-n2nc(C)c(NC(=O)CN(C)Cc3ccc(Br)cc3)c2C)cc1. The van der Waals surface area contributed by atoms with Crippen LogP contribution in [0, 0.1) is 20.8 Å². The van der Waals surface area contributed by atoms with E-state index in [4.69, 9.17) is 0 Å². The number of hydrogen-bond donors (Lipinski definition) is 1. The highest BCUT2D eigenvalue weighted by Gasteiger charge is 2.16. The van der Waals surface area contributed by atoms with Crippen LogP contribution in [0.3, 0.4) is 0 Å². The van der Waals surface area contributed by atoms with Gasteiger partial charge in [-0.05, 0) is 57.6 Å². The molecule has 0 saturated carbocycles. The van der Waals surface area contributed by atoms with Crippen LogP contribution < -0.4 is 5.32 Å². The summed E-state index contributed by atoms with van der Waals surface area (Å²) in [6.45, 7) is 6.97. The fourth-order valence-electron chi connectivity index (χ4n) is 3.14. The van der Waals surface area contributed by atoms with Crippen molar-refractivity contribution in [1.29, 1.82) is 0 Å². The van der Waals surface area contributed by atoms with Crippen LogP contribution in [-0.2, 0) is 11.3 Å². The van der Waals surface area contributed by atoms with E-state index in [1.807, 2.05) is 54.7 Å². The number of nitrogens with zero attached hydrogens (tertiary/aromatic N) is 3. The van der Waals surface area contributed by atoms with E-state index in [2.05, 4.69) is 57.5 Å². The van der Waals surface area contributed by atoms with Gasteiger partial charge in [0.2, 0.25) is 5.91 Å². The molecule has 0 fully saturated rings. The number of carbonyl (C=O) groups is 1. The van der Waals surface area contributed by atoms with Crippen molar-refractivity contribution < 1.29 is 4.79 Å². The Labute approximate surface area is 174 Å². The Balaban J connectivity index is 1.66. The first kappa shape index (κ1) is 20.3. The highest BCUT2D eigenvalue weighted by Crippen LogP contribution is 2.23. The number of aryl methyl sites for hydroxylation is 2. The maximum atomic E-state index is 12.6. The first-order chi connectivity index (χ1) is 13.3. The van der Waals surface area contributed by atoms with Gasteiger partial charge in [0, 0.05) is 11.0 Å². The summed E-state index contributed by atoms with van der Waals surface area (Å²) in [6, 6.07) is 16.3. The molecule has 0 aliphatic rings. The fraction of sp³-hybridized carbons (Fsp3) is 0.273. The smallest absolute Gasteiger partial charge is 0.238 e. The summed E-state index contributed by atoms with van der Waals surface area (Å²) in [6.07, 6.45) is 0. The third-order valence-corrected chi connectivity index (χ3v) is 5.14. The molecule has 0 spiro atoms. The van der Waals surface area contributed by atoms with Crippen molar-refractivity contribution in [2.75, 3.05) is 18.9 Å². The molecular formula is C22H25BrN4O. The second kappa shape index (κ2) is 8.71. The summed E-state index contributed by atoms with van der Waals surface area (Å²) in [5.74, 6) is -0.0470. The van der Waals surface area contributed by atoms with Crippen molar-refractivity contribution in [3.63, 3.8) is 0 Å². The molecule has 1 aromatic heterocycles. The predicted molar refractivity (Wildman–Crippen MR) is 117 cm³/mol. The predicted octanol–water partition coefficient (Wildman–Crippen LogP) is 4.63. The van der Waals surface area contributed by atoms with Crippen LogP contribution in [0.25, 0.3) is 5.69 Å². The number of benzene rings is 2. The molecule has 0 radical (unpaired) electrons. The summed E-state index contributed by atoms with van der Waals surface area (Å²) in [4.78, 5) is 14.6. The van der Waals surface area contributed by atoms with Crippen molar-refractivity contribution >= 4 is 27.5 Å². The molecule has 0 saturated heterocycles. The second-order valence-electron chi connectivity index (χ2n) is 7.14. The number of likely N-dealkylation sites (N-methyl/N-ethyl adjacent to an activating group) is 1. The van der Waals surface area contributed by atoms with E-state index in [0.29, 0.717) is 13.1 Å². The van der Waals surface area contributed by atoms with Crippen LogP contribution in [0.1, 0.15) is 22.5 Å². The Morgan fingerprint density at radius 3 is 2.36 bits per heavy atom. The number of rotatable bonds is 6. The van der Waals surface area contributed by atoms with Gasteiger partial charge in [-0.2, -0.15) is 5.10 Å². The van der Waals surface area contributed by atoms with E-state index in [-0.39, 0.29) is 5.91 Å². The molecule has 0 aliphatic carbocycles. The Bertz CT molecular complexity index is 961. The van der Waals surface area contributed by atoms with Gasteiger partial charge < -0.3 is 5.32 Å². The lowest BCUT2D eigenvalue weighted by atomic mass is 10.2. The average molecular weight is 441 g/mol. The maximum Gasteiger partial charge on any atom is 0.238 e. The topological polar surface area (TPSA) is 50.2 Å². The number of aromatic nitrogens is 2. The van der Waals surface area contributed by atoms with E-state index < -0.39 is 0 Å². The van der Waals surface area contributed by atoms with Crippen LogP contribution in [0.4, 0.5) is 5.69 Å². The zero-order valence-electron chi connectivity index (χ0n) is 16.7. The van der Waals surface area contributed by atoms with Crippen molar-refractivity contribution in [1.82, 2.24) is 14.7 Å². The van der Waals surface area contributed by atoms with Crippen molar-refractivity contribution in [3.05, 3.63) is 75.5 Å². The van der Waals surface area contributed by atoms with Crippen LogP contribution in [-0.4, -0.2) is 34.2 Å². The highest BCUT2D eigenvalue weighted by molar-refractivity contribution is 9.10. The molecule has 3 aromatic rings. The van der Waals surface area contributed by atoms with Gasteiger partial charge in [0.25, 0.3) is 0 Å². The first-order valence-corrected chi connectivity index (χ1v) is 9.99. The molecule has 0 bridgehead atoms. The normalized spacial score (nSPS) is 11.1. The summed E-state index contributed by atoms with van der Waals surface area (Å²) >= 11 is 3.44. The molecule has 5 nitrogen and oxygen atoms in total. The average Bonchev–Trinajstić information content (AvgIpc) is 2.92. The molecule has 28 heavy (non-hydrogen) atoms. The standard InChI is InChI=1S/C22H25BrN4O/c1-15-5-11-20(12-6-15)27-17(3)22(16(2)25-27)24-21(28)14-26(4)13-18-7-9-19(23)10-8-18/h5-12H,13-14H2,1-4H3,(H,24,28). The largest absolute Gasteiger partial charge is 0.322 e. The number of halogens is 1. The lowest BCUT2D eigenvalue weighted by Gasteiger charge is -2.16. The van der Waals surface area contributed by atoms with Gasteiger partial charge in [-0.25, -0.2) is 4.68 Å². The number of amides is 1. The minimum atomic E-state index is -0.0470. The van der Waals surface area contributed by atoms with E-state index in [0.717, 1.165) is 32.8 Å². The van der Waals surface area contributed by atoms with Gasteiger partial charge in [-0.15, -0.1) is 0 Å². The molecule has 0 atom stereocenters. The van der Waals surface area contributed by atoms with Crippen LogP contribution in [0.2, 0.25) is 0 Å². The maximum absolute atomic E-state index is 12.6. The molecule has 1 heterocycles. The first-order valence-electron chi connectivity index (χ1n) is 9.19. The summed E-state index contributed by atoms with van der Waals surface area (Å²) in [5, 5.41) is 7.64. The zero-order chi connectivity index (χ0) is 20.3. The highest BCUT2D eigenvalue weighted by atomic mass is 79.9. The van der Waals surface area contributed by atoms with Crippen LogP contribution in [0.5, 0.6) is 0 Å². The molecule has 146 valence electrons. The van der Waals surface area contributed by atoms with Crippen LogP contribution in [0.15, 0.2) is 53.0 Å². The molecular weight excluding hydrogens is 416 g/mol. The quantitative estimate of drug-likeness (QED) is 0.607. The summed E-state index contributed by atoms with van der Waals surface area (Å²) in [5.41, 5.74) is 5.86. The Morgan fingerprint density at radius 2 is 1.71 bits per heavy atom. The zero-order valence-corrected chi connectivity index (χ0v) is 18.2. The summed E-state index contributed by atoms with van der Waals surface area (Å²) in [7, 11) is 1.94. The summed E-state index contributed by atoms with van der Waals surface area (Å²) < 4.78 is 2.92. The molecule has 2 aromatic carbocycles. The monoisotopic (exact) mass is 440 g/mol. The third-order valence-electron chi connectivity index (χ3n) is 4.61. The lowest BCUT2D eigenvalue weighted by molar-refractivity contribution is -0.117. The van der Waals surface area contributed by atoms with E-state index in [1.54, 1.807) is 0 Å². The molecule has 1 N–H and O–H groups in total. The fourth-order valence-corrected chi connectivity index (χ4v) is 3.41. The van der Waals surface area contributed by atoms with Gasteiger partial charge in [-0.3, -0.25) is 9.69 Å². The number of anilines is 1. The van der Waals surface area contributed by atoms with Crippen molar-refractivity contribution in [3.8, 4) is 5.69 Å². The van der Waals surface area contributed by atoms with E-state index >= 15 is 0 Å². The minimum Gasteiger partial charge on any atom is -0.322 e. The Morgan fingerprint density at radius 1 is 1.07 bits per heavy atom.